The molecular formula is C26H30N12O6. The molecule has 0 bridgehead atoms. The van der Waals surface area contributed by atoms with Gasteiger partial charge in [0.2, 0.25) is 0 Å². The van der Waals surface area contributed by atoms with E-state index in [1.54, 1.807) is 0 Å². The van der Waals surface area contributed by atoms with Gasteiger partial charge in [-0.15, -0.1) is 0 Å². The summed E-state index contributed by atoms with van der Waals surface area (Å²) in [7, 11) is 0. The van der Waals surface area contributed by atoms with Gasteiger partial charge in [0.05, 0.1) is 50.2 Å². The van der Waals surface area contributed by atoms with Gasteiger partial charge in [-0.1, -0.05) is 81.1 Å². The van der Waals surface area contributed by atoms with Crippen LogP contribution in [0, 0.1) is 0 Å². The maximum atomic E-state index is 10.9. The van der Waals surface area contributed by atoms with Crippen LogP contribution in [0.4, 0.5) is 0 Å². The lowest BCUT2D eigenvalue weighted by Gasteiger charge is -2.47. The third-order valence-electron chi connectivity index (χ3n) is 7.33. The zero-order chi connectivity index (χ0) is 31.3. The van der Waals surface area contributed by atoms with Crippen molar-refractivity contribution in [3.8, 4) is 0 Å². The quantitative estimate of drug-likeness (QED) is 0.184. The number of nitrogens with zero attached hydrogens (tertiary/aromatic N) is 12. The first-order valence-corrected chi connectivity index (χ1v) is 13.6. The van der Waals surface area contributed by atoms with Crippen molar-refractivity contribution in [2.24, 2.45) is 20.5 Å². The molecule has 2 aliphatic rings. The highest BCUT2D eigenvalue weighted by molar-refractivity contribution is 5.15. The Bertz CT molecular complexity index is 1410. The van der Waals surface area contributed by atoms with E-state index in [0.717, 1.165) is 11.1 Å². The molecule has 2 fully saturated rings. The zero-order valence-corrected chi connectivity index (χ0v) is 23.3. The summed E-state index contributed by atoms with van der Waals surface area (Å²) >= 11 is 0. The van der Waals surface area contributed by atoms with Gasteiger partial charge in [0.1, 0.15) is 24.4 Å². The molecule has 0 aromatic heterocycles. The number of rotatable bonds is 13. The maximum Gasteiger partial charge on any atom is 0.169 e. The summed E-state index contributed by atoms with van der Waals surface area (Å²) in [6.07, 6.45) is -9.13. The average Bonchev–Trinajstić information content (AvgIpc) is 3.04. The molecule has 1 aliphatic carbocycles. The third-order valence-corrected chi connectivity index (χ3v) is 7.33. The summed E-state index contributed by atoms with van der Waals surface area (Å²) in [5.74, 6) is 0. The molecule has 1 saturated carbocycles. The first-order chi connectivity index (χ1) is 21.5. The van der Waals surface area contributed by atoms with Crippen molar-refractivity contribution in [1.29, 1.82) is 0 Å². The van der Waals surface area contributed by atoms with Crippen LogP contribution in [0.2, 0.25) is 0 Å². The third kappa shape index (κ3) is 8.08. The molecule has 4 rings (SSSR count). The van der Waals surface area contributed by atoms with Crippen molar-refractivity contribution in [3.05, 3.63) is 114 Å². The van der Waals surface area contributed by atoms with Crippen LogP contribution < -0.4 is 0 Å². The van der Waals surface area contributed by atoms with E-state index in [9.17, 15) is 15.7 Å². The van der Waals surface area contributed by atoms with Crippen molar-refractivity contribution < 1.29 is 29.2 Å². The Morgan fingerprint density at radius 3 is 1.84 bits per heavy atom. The largest absolute Gasteiger partial charge is 0.390 e. The molecule has 0 amide bonds. The van der Waals surface area contributed by atoms with Gasteiger partial charge in [-0.05, 0) is 39.7 Å². The van der Waals surface area contributed by atoms with Gasteiger partial charge in [0, 0.05) is 19.6 Å². The van der Waals surface area contributed by atoms with E-state index < -0.39 is 61.0 Å². The molecule has 2 aromatic carbocycles. The zero-order valence-electron chi connectivity index (χ0n) is 23.3. The van der Waals surface area contributed by atoms with Gasteiger partial charge in [-0.2, -0.15) is 0 Å². The number of aliphatic hydroxyl groups is 2. The number of hydrogen-bond donors (Lipinski definition) is 2. The number of hydrogen-bond acceptors (Lipinski definition) is 10. The van der Waals surface area contributed by atoms with Gasteiger partial charge < -0.3 is 29.2 Å². The van der Waals surface area contributed by atoms with Crippen LogP contribution in [0.15, 0.2) is 81.1 Å². The molecule has 0 radical (unpaired) electrons. The van der Waals surface area contributed by atoms with Crippen LogP contribution in [0.3, 0.4) is 0 Å². The summed E-state index contributed by atoms with van der Waals surface area (Å²) in [6.45, 7) is -0.0255. The second-order valence-corrected chi connectivity index (χ2v) is 10.0. The van der Waals surface area contributed by atoms with Crippen LogP contribution in [0.1, 0.15) is 17.5 Å². The molecule has 4 unspecified atom stereocenters. The number of ether oxygens (including phenoxy) is 4. The van der Waals surface area contributed by atoms with Gasteiger partial charge >= 0.3 is 0 Å². The standard InChI is InChI=1S/C26H30N12O6/c27-35-31-12-19-24(41-13-15-7-3-1-4-8-15)25(42-14-16-9-5-2-6-10-16)20(34-38-30)26(43-19)44-23-18(33-37-29)11-17(32-36-28)21(39)22(23)40/h1-10,17-26,39-40H,11-14H2/t17-,18?,19?,20?,21?,22-,23+,24+,25-,26+/m1/s1. The lowest BCUT2D eigenvalue weighted by atomic mass is 9.84. The number of azide groups is 4. The summed E-state index contributed by atoms with van der Waals surface area (Å²) in [6, 6.07) is 15.1. The molecule has 2 N–H and O–H groups in total. The summed E-state index contributed by atoms with van der Waals surface area (Å²) < 4.78 is 24.8. The smallest absolute Gasteiger partial charge is 0.169 e. The SMILES string of the molecule is [N-]=[N+]=NCC1O[C@@H](O[C@H]2C(N=[N+]=[N-])C[C@@H](N=[N+]=[N-])C(O)[C@H]2O)C(N=[N+]=[N-])[C@@H](OCc2ccccc2)[C@H]1OCc1ccccc1. The minimum absolute atomic E-state index is 0.0784. The molecule has 44 heavy (non-hydrogen) atoms. The van der Waals surface area contributed by atoms with E-state index in [0.29, 0.717) is 0 Å². The van der Waals surface area contributed by atoms with Crippen molar-refractivity contribution >= 4 is 0 Å². The lowest BCUT2D eigenvalue weighted by molar-refractivity contribution is -0.300. The lowest BCUT2D eigenvalue weighted by Crippen LogP contribution is -2.63. The Hall–Kier alpha value is -4.56. The van der Waals surface area contributed by atoms with Crippen LogP contribution in [0.5, 0.6) is 0 Å². The molecular weight excluding hydrogens is 576 g/mol. The summed E-state index contributed by atoms with van der Waals surface area (Å²) in [4.78, 5) is 11.3. The second-order valence-electron chi connectivity index (χ2n) is 10.0. The highest BCUT2D eigenvalue weighted by atomic mass is 16.7. The number of aliphatic hydroxyl groups excluding tert-OH is 2. The van der Waals surface area contributed by atoms with Gasteiger partial charge in [0.25, 0.3) is 0 Å². The van der Waals surface area contributed by atoms with Crippen LogP contribution >= 0.6 is 0 Å². The molecule has 1 saturated heterocycles. The Kier molecular flexibility index (Phi) is 12.0. The van der Waals surface area contributed by atoms with E-state index in [-0.39, 0.29) is 26.2 Å². The van der Waals surface area contributed by atoms with Crippen molar-refractivity contribution in [2.45, 2.75) is 80.7 Å². The van der Waals surface area contributed by atoms with Gasteiger partial charge in [-0.25, -0.2) is 0 Å². The fraction of sp³-hybridized carbons (Fsp3) is 0.538. The van der Waals surface area contributed by atoms with E-state index in [1.165, 1.54) is 0 Å². The second kappa shape index (κ2) is 16.3. The molecule has 1 heterocycles. The highest BCUT2D eigenvalue weighted by Crippen LogP contribution is 2.35. The van der Waals surface area contributed by atoms with E-state index in [1.807, 2.05) is 60.7 Å². The molecule has 10 atom stereocenters. The topological polar surface area (TPSA) is 272 Å². The van der Waals surface area contributed by atoms with E-state index in [4.69, 9.17) is 35.5 Å². The Balaban J connectivity index is 1.69. The fourth-order valence-corrected chi connectivity index (χ4v) is 5.23. The molecule has 230 valence electrons. The first kappa shape index (κ1) is 32.4. The molecule has 18 nitrogen and oxygen atoms in total. The maximum absolute atomic E-state index is 10.9. The highest BCUT2D eigenvalue weighted by Gasteiger charge is 2.51. The normalized spacial score (nSPS) is 31.3. The molecule has 2 aromatic rings. The van der Waals surface area contributed by atoms with Crippen LogP contribution in [-0.2, 0) is 32.2 Å². The fourth-order valence-electron chi connectivity index (χ4n) is 5.23. The average molecular weight is 607 g/mol. The molecule has 1 aliphatic heterocycles. The predicted octanol–water partition coefficient (Wildman–Crippen LogP) is 4.74. The Labute approximate surface area is 250 Å². The molecule has 18 heteroatoms. The minimum Gasteiger partial charge on any atom is -0.390 e. The monoisotopic (exact) mass is 606 g/mol. The van der Waals surface area contributed by atoms with Crippen LogP contribution in [-0.4, -0.2) is 77.8 Å². The molecule has 0 spiro atoms. The summed E-state index contributed by atoms with van der Waals surface area (Å²) in [5, 5.41) is 36.3. The Morgan fingerprint density at radius 2 is 1.27 bits per heavy atom. The van der Waals surface area contributed by atoms with Gasteiger partial charge in [-0.3, -0.25) is 0 Å². The number of benzene rings is 2. The minimum atomic E-state index is -1.68. The Morgan fingerprint density at radius 1 is 0.705 bits per heavy atom. The van der Waals surface area contributed by atoms with E-state index in [2.05, 4.69) is 40.1 Å². The van der Waals surface area contributed by atoms with Crippen molar-refractivity contribution in [1.82, 2.24) is 0 Å². The van der Waals surface area contributed by atoms with Crippen molar-refractivity contribution in [2.75, 3.05) is 6.54 Å². The predicted molar refractivity (Wildman–Crippen MR) is 153 cm³/mol. The summed E-state index contributed by atoms with van der Waals surface area (Å²) in [5.41, 5.74) is 38.3. The van der Waals surface area contributed by atoms with Gasteiger partial charge in [0.15, 0.2) is 6.29 Å². The first-order valence-electron chi connectivity index (χ1n) is 13.6. The van der Waals surface area contributed by atoms with Crippen molar-refractivity contribution in [3.63, 3.8) is 0 Å². The van der Waals surface area contributed by atoms with E-state index >= 15 is 0 Å². The van der Waals surface area contributed by atoms with Crippen LogP contribution in [0.25, 0.3) is 41.8 Å².